The molecule has 3 N–H and O–H groups in total. The van der Waals surface area contributed by atoms with Crippen LogP contribution in [0.2, 0.25) is 0 Å². The van der Waals surface area contributed by atoms with E-state index in [0.29, 0.717) is 13.2 Å². The van der Waals surface area contributed by atoms with Crippen molar-refractivity contribution in [1.82, 2.24) is 4.72 Å². The van der Waals surface area contributed by atoms with Crippen LogP contribution in [0.5, 0.6) is 0 Å². The largest absolute Gasteiger partial charge is 0.377 e. The lowest BCUT2D eigenvalue weighted by Crippen LogP contribution is -2.32. The van der Waals surface area contributed by atoms with Gasteiger partial charge in [0, 0.05) is 19.7 Å². The molecule has 0 heterocycles. The molecule has 0 aromatic heterocycles. The first kappa shape index (κ1) is 16.1. The molecule has 6 heteroatoms. The highest BCUT2D eigenvalue weighted by Crippen LogP contribution is 2.15. The van der Waals surface area contributed by atoms with Crippen molar-refractivity contribution < 1.29 is 13.2 Å². The van der Waals surface area contributed by atoms with E-state index in [0.717, 1.165) is 11.1 Å². The normalized spacial score (nSPS) is 13.5. The zero-order valence-corrected chi connectivity index (χ0v) is 12.5. The van der Waals surface area contributed by atoms with Crippen LogP contribution in [0.15, 0.2) is 23.1 Å². The predicted octanol–water partition coefficient (Wildman–Crippen LogP) is 1.16. The molecular weight excluding hydrogens is 264 g/mol. The topological polar surface area (TPSA) is 81.4 Å². The zero-order valence-electron chi connectivity index (χ0n) is 11.6. The molecule has 1 aromatic carbocycles. The summed E-state index contributed by atoms with van der Waals surface area (Å²) in [7, 11) is -3.51. The van der Waals surface area contributed by atoms with Gasteiger partial charge in [0.1, 0.15) is 0 Å². The number of aryl methyl sites for hydroxylation is 1. The second kappa shape index (κ2) is 7.00. The maximum Gasteiger partial charge on any atom is 0.240 e. The summed E-state index contributed by atoms with van der Waals surface area (Å²) in [5.74, 6) is 0. The Morgan fingerprint density at radius 2 is 2.11 bits per heavy atom. The Morgan fingerprint density at radius 3 is 2.68 bits per heavy atom. The van der Waals surface area contributed by atoms with Crippen LogP contribution >= 0.6 is 0 Å². The fraction of sp³-hybridized carbons (Fsp3) is 0.538. The summed E-state index contributed by atoms with van der Waals surface area (Å²) >= 11 is 0. The third kappa shape index (κ3) is 4.58. The smallest absolute Gasteiger partial charge is 0.240 e. The summed E-state index contributed by atoms with van der Waals surface area (Å²) in [5.41, 5.74) is 7.41. The van der Waals surface area contributed by atoms with E-state index < -0.39 is 10.0 Å². The molecule has 0 saturated carbocycles. The first-order valence-corrected chi connectivity index (χ1v) is 7.80. The third-order valence-corrected chi connectivity index (χ3v) is 4.28. The van der Waals surface area contributed by atoms with Crippen molar-refractivity contribution in [1.29, 1.82) is 0 Å². The van der Waals surface area contributed by atoms with E-state index in [1.807, 2.05) is 20.8 Å². The van der Waals surface area contributed by atoms with Gasteiger partial charge in [0.25, 0.3) is 0 Å². The number of nitrogens with two attached hydrogens (primary N) is 1. The van der Waals surface area contributed by atoms with Gasteiger partial charge in [-0.2, -0.15) is 0 Å². The van der Waals surface area contributed by atoms with Gasteiger partial charge < -0.3 is 10.5 Å². The Kier molecular flexibility index (Phi) is 5.93. The predicted molar refractivity (Wildman–Crippen MR) is 75.3 cm³/mol. The number of ether oxygens (including phenoxy) is 1. The lowest BCUT2D eigenvalue weighted by Gasteiger charge is -2.14. The van der Waals surface area contributed by atoms with Gasteiger partial charge in [-0.25, -0.2) is 13.1 Å². The molecule has 0 radical (unpaired) electrons. The first-order chi connectivity index (χ1) is 8.90. The molecule has 1 aromatic rings. The summed E-state index contributed by atoms with van der Waals surface area (Å²) < 4.78 is 32.1. The molecule has 0 bridgehead atoms. The number of hydrogen-bond donors (Lipinski definition) is 2. The molecule has 0 aliphatic rings. The quantitative estimate of drug-likeness (QED) is 0.788. The van der Waals surface area contributed by atoms with Gasteiger partial charge in [-0.05, 0) is 44.0 Å². The van der Waals surface area contributed by atoms with Gasteiger partial charge in [-0.1, -0.05) is 6.07 Å². The van der Waals surface area contributed by atoms with Gasteiger partial charge in [0.05, 0.1) is 11.0 Å². The van der Waals surface area contributed by atoms with E-state index in [1.54, 1.807) is 18.2 Å². The number of rotatable bonds is 7. The van der Waals surface area contributed by atoms with E-state index in [2.05, 4.69) is 4.72 Å². The lowest BCUT2D eigenvalue weighted by molar-refractivity contribution is 0.0799. The van der Waals surface area contributed by atoms with Crippen LogP contribution in [0.25, 0.3) is 0 Å². The van der Waals surface area contributed by atoms with Crippen molar-refractivity contribution in [2.24, 2.45) is 5.73 Å². The number of benzene rings is 1. The summed E-state index contributed by atoms with van der Waals surface area (Å²) in [6.07, 6.45) is -0.154. The monoisotopic (exact) mass is 286 g/mol. The van der Waals surface area contributed by atoms with E-state index in [1.165, 1.54) is 0 Å². The minimum Gasteiger partial charge on any atom is -0.377 e. The van der Waals surface area contributed by atoms with Crippen molar-refractivity contribution in [2.75, 3.05) is 13.2 Å². The fourth-order valence-electron chi connectivity index (χ4n) is 1.69. The molecule has 0 saturated heterocycles. The van der Waals surface area contributed by atoms with Gasteiger partial charge >= 0.3 is 0 Å². The molecule has 0 fully saturated rings. The maximum absolute atomic E-state index is 12.1. The number of nitrogens with one attached hydrogen (secondary N) is 1. The van der Waals surface area contributed by atoms with E-state index in [-0.39, 0.29) is 17.5 Å². The first-order valence-electron chi connectivity index (χ1n) is 6.31. The minimum atomic E-state index is -3.51. The highest BCUT2D eigenvalue weighted by atomic mass is 32.2. The Morgan fingerprint density at radius 1 is 1.42 bits per heavy atom. The van der Waals surface area contributed by atoms with Crippen LogP contribution in [-0.2, 0) is 21.3 Å². The maximum atomic E-state index is 12.1. The fourth-order valence-corrected chi connectivity index (χ4v) is 2.85. The Bertz CT molecular complexity index is 515. The molecule has 0 amide bonds. The van der Waals surface area contributed by atoms with Crippen LogP contribution < -0.4 is 10.5 Å². The Balaban J connectivity index is 2.83. The lowest BCUT2D eigenvalue weighted by atomic mass is 10.1. The van der Waals surface area contributed by atoms with E-state index in [4.69, 9.17) is 10.5 Å². The SMILES string of the molecule is CCOC(C)CNS(=O)(=O)c1ccc(C)c(CN)c1. The summed E-state index contributed by atoms with van der Waals surface area (Å²) in [4.78, 5) is 0.238. The minimum absolute atomic E-state index is 0.154. The summed E-state index contributed by atoms with van der Waals surface area (Å²) in [6.45, 7) is 6.74. The average molecular weight is 286 g/mol. The van der Waals surface area contributed by atoms with Gasteiger partial charge in [-0.15, -0.1) is 0 Å². The van der Waals surface area contributed by atoms with Crippen LogP contribution in [0, 0.1) is 6.92 Å². The molecule has 0 spiro atoms. The highest BCUT2D eigenvalue weighted by molar-refractivity contribution is 7.89. The van der Waals surface area contributed by atoms with Gasteiger partial charge in [-0.3, -0.25) is 0 Å². The Hall–Kier alpha value is -0.950. The zero-order chi connectivity index (χ0) is 14.5. The third-order valence-electron chi connectivity index (χ3n) is 2.86. The summed E-state index contributed by atoms with van der Waals surface area (Å²) in [5, 5.41) is 0. The standard InChI is InChI=1S/C13H22N2O3S/c1-4-18-11(3)9-15-19(16,17)13-6-5-10(2)12(7-13)8-14/h5-7,11,15H,4,8-9,14H2,1-3H3. The van der Waals surface area contributed by atoms with Crippen molar-refractivity contribution >= 4 is 10.0 Å². The molecule has 1 atom stereocenters. The molecule has 1 rings (SSSR count). The van der Waals surface area contributed by atoms with Crippen molar-refractivity contribution in [2.45, 2.75) is 38.3 Å². The van der Waals surface area contributed by atoms with E-state index >= 15 is 0 Å². The van der Waals surface area contributed by atoms with Crippen molar-refractivity contribution in [3.63, 3.8) is 0 Å². The molecule has 108 valence electrons. The number of sulfonamides is 1. The average Bonchev–Trinajstić information content (AvgIpc) is 2.37. The Labute approximate surface area is 115 Å². The second-order valence-electron chi connectivity index (χ2n) is 4.41. The second-order valence-corrected chi connectivity index (χ2v) is 6.18. The van der Waals surface area contributed by atoms with Crippen molar-refractivity contribution in [3.05, 3.63) is 29.3 Å². The van der Waals surface area contributed by atoms with Gasteiger partial charge in [0.2, 0.25) is 10.0 Å². The van der Waals surface area contributed by atoms with Crippen LogP contribution in [0.1, 0.15) is 25.0 Å². The van der Waals surface area contributed by atoms with Crippen LogP contribution in [0.3, 0.4) is 0 Å². The van der Waals surface area contributed by atoms with Crippen LogP contribution in [-0.4, -0.2) is 27.7 Å². The van der Waals surface area contributed by atoms with Crippen LogP contribution in [0.4, 0.5) is 0 Å². The van der Waals surface area contributed by atoms with Gasteiger partial charge in [0.15, 0.2) is 0 Å². The molecular formula is C13H22N2O3S. The molecule has 0 aliphatic carbocycles. The molecule has 0 aliphatic heterocycles. The molecule has 5 nitrogen and oxygen atoms in total. The highest BCUT2D eigenvalue weighted by Gasteiger charge is 2.16. The molecule has 19 heavy (non-hydrogen) atoms. The summed E-state index contributed by atoms with van der Waals surface area (Å²) in [6, 6.07) is 4.97. The number of hydrogen-bond acceptors (Lipinski definition) is 4. The van der Waals surface area contributed by atoms with E-state index in [9.17, 15) is 8.42 Å². The van der Waals surface area contributed by atoms with Crippen molar-refractivity contribution in [3.8, 4) is 0 Å². The molecule has 1 unspecified atom stereocenters.